The van der Waals surface area contributed by atoms with Crippen LogP contribution in [0.5, 0.6) is 0 Å². The van der Waals surface area contributed by atoms with E-state index in [-0.39, 0.29) is 6.61 Å². The molecule has 86 valence electrons. The highest BCUT2D eigenvalue weighted by Crippen LogP contribution is 2.28. The topological polar surface area (TPSA) is 47.3 Å². The van der Waals surface area contributed by atoms with Crippen molar-refractivity contribution in [1.82, 2.24) is 9.78 Å². The SMILES string of the molecule is CCCn1ncc(Cl)c1C(C)(O)COC. The molecule has 0 spiro atoms. The number of hydrogen-bond donors (Lipinski definition) is 1. The molecule has 0 saturated carbocycles. The van der Waals surface area contributed by atoms with E-state index in [2.05, 4.69) is 5.10 Å². The molecule has 1 atom stereocenters. The lowest BCUT2D eigenvalue weighted by atomic mass is 10.0. The Morgan fingerprint density at radius 2 is 2.33 bits per heavy atom. The standard InChI is InChI=1S/C10H17ClN2O2/c1-4-5-13-9(8(11)6-12-13)10(2,14)7-15-3/h6,14H,4-5,7H2,1-3H3. The summed E-state index contributed by atoms with van der Waals surface area (Å²) in [5.41, 5.74) is -0.481. The second-order valence-electron chi connectivity index (χ2n) is 3.77. The van der Waals surface area contributed by atoms with Gasteiger partial charge in [0.2, 0.25) is 0 Å². The lowest BCUT2D eigenvalue weighted by molar-refractivity contribution is -0.0271. The summed E-state index contributed by atoms with van der Waals surface area (Å²) in [6, 6.07) is 0. The van der Waals surface area contributed by atoms with E-state index in [9.17, 15) is 5.11 Å². The van der Waals surface area contributed by atoms with Crippen LogP contribution in [-0.4, -0.2) is 28.6 Å². The predicted octanol–water partition coefficient (Wildman–Crippen LogP) is 1.80. The van der Waals surface area contributed by atoms with Gasteiger partial charge in [0.1, 0.15) is 5.60 Å². The molecule has 0 aliphatic rings. The first-order valence-corrected chi connectivity index (χ1v) is 5.33. The Hall–Kier alpha value is -0.580. The molecule has 15 heavy (non-hydrogen) atoms. The van der Waals surface area contributed by atoms with Crippen molar-refractivity contribution in [3.05, 3.63) is 16.9 Å². The van der Waals surface area contributed by atoms with Crippen LogP contribution >= 0.6 is 11.6 Å². The molecule has 0 amide bonds. The van der Waals surface area contributed by atoms with Crippen LogP contribution < -0.4 is 0 Å². The molecule has 1 aromatic rings. The number of aliphatic hydroxyl groups is 1. The van der Waals surface area contributed by atoms with E-state index in [1.54, 1.807) is 24.9 Å². The summed E-state index contributed by atoms with van der Waals surface area (Å²) in [5, 5.41) is 14.8. The third-order valence-corrected chi connectivity index (χ3v) is 2.44. The Labute approximate surface area is 94.8 Å². The molecule has 1 aromatic heterocycles. The largest absolute Gasteiger partial charge is 0.381 e. The van der Waals surface area contributed by atoms with Gasteiger partial charge in [-0.2, -0.15) is 5.10 Å². The van der Waals surface area contributed by atoms with Gasteiger partial charge in [-0.1, -0.05) is 18.5 Å². The average Bonchev–Trinajstić information content (AvgIpc) is 2.48. The fourth-order valence-electron chi connectivity index (χ4n) is 1.63. The van der Waals surface area contributed by atoms with E-state index in [0.29, 0.717) is 10.7 Å². The molecule has 0 radical (unpaired) electrons. The lowest BCUT2D eigenvalue weighted by Gasteiger charge is -2.23. The van der Waals surface area contributed by atoms with Crippen molar-refractivity contribution in [3.63, 3.8) is 0 Å². The minimum Gasteiger partial charge on any atom is -0.381 e. The van der Waals surface area contributed by atoms with Crippen LogP contribution in [0.1, 0.15) is 26.0 Å². The summed E-state index contributed by atoms with van der Waals surface area (Å²) in [5.74, 6) is 0. The van der Waals surface area contributed by atoms with Gasteiger partial charge in [0, 0.05) is 13.7 Å². The van der Waals surface area contributed by atoms with Crippen molar-refractivity contribution in [2.45, 2.75) is 32.4 Å². The highest BCUT2D eigenvalue weighted by atomic mass is 35.5. The van der Waals surface area contributed by atoms with Gasteiger partial charge in [-0.15, -0.1) is 0 Å². The van der Waals surface area contributed by atoms with Gasteiger partial charge in [0.25, 0.3) is 0 Å². The number of aryl methyl sites for hydroxylation is 1. The maximum atomic E-state index is 10.2. The molecular formula is C10H17ClN2O2. The zero-order chi connectivity index (χ0) is 11.5. The van der Waals surface area contributed by atoms with E-state index >= 15 is 0 Å². The molecular weight excluding hydrogens is 216 g/mol. The maximum absolute atomic E-state index is 10.2. The van der Waals surface area contributed by atoms with E-state index in [1.807, 2.05) is 6.92 Å². The Kier molecular flexibility index (Phi) is 4.13. The summed E-state index contributed by atoms with van der Waals surface area (Å²) >= 11 is 6.00. The Bertz CT molecular complexity index is 323. The van der Waals surface area contributed by atoms with Crippen molar-refractivity contribution in [2.75, 3.05) is 13.7 Å². The van der Waals surface area contributed by atoms with Gasteiger partial charge in [0.15, 0.2) is 0 Å². The lowest BCUT2D eigenvalue weighted by Crippen LogP contribution is -2.31. The Morgan fingerprint density at radius 1 is 1.67 bits per heavy atom. The van der Waals surface area contributed by atoms with Gasteiger partial charge in [-0.25, -0.2) is 0 Å². The summed E-state index contributed by atoms with van der Waals surface area (Å²) < 4.78 is 6.69. The van der Waals surface area contributed by atoms with Crippen molar-refractivity contribution in [1.29, 1.82) is 0 Å². The molecule has 1 N–H and O–H groups in total. The highest BCUT2D eigenvalue weighted by molar-refractivity contribution is 6.31. The van der Waals surface area contributed by atoms with Crippen LogP contribution in [0.15, 0.2) is 6.20 Å². The van der Waals surface area contributed by atoms with Gasteiger partial charge < -0.3 is 9.84 Å². The number of nitrogens with zero attached hydrogens (tertiary/aromatic N) is 2. The number of halogens is 1. The number of aromatic nitrogens is 2. The molecule has 1 rings (SSSR count). The van der Waals surface area contributed by atoms with Crippen LogP contribution in [0.4, 0.5) is 0 Å². The summed E-state index contributed by atoms with van der Waals surface area (Å²) in [4.78, 5) is 0. The first kappa shape index (κ1) is 12.5. The van der Waals surface area contributed by atoms with Crippen LogP contribution in [0, 0.1) is 0 Å². The molecule has 1 unspecified atom stereocenters. The number of ether oxygens (including phenoxy) is 1. The smallest absolute Gasteiger partial charge is 0.128 e. The van der Waals surface area contributed by atoms with Gasteiger partial charge in [-0.05, 0) is 13.3 Å². The van der Waals surface area contributed by atoms with Crippen LogP contribution in [0.3, 0.4) is 0 Å². The molecule has 0 bridgehead atoms. The average molecular weight is 233 g/mol. The monoisotopic (exact) mass is 232 g/mol. The molecule has 0 fully saturated rings. The highest BCUT2D eigenvalue weighted by Gasteiger charge is 2.30. The molecule has 0 saturated heterocycles. The summed E-state index contributed by atoms with van der Waals surface area (Å²) in [7, 11) is 1.54. The molecule has 4 nitrogen and oxygen atoms in total. The van der Waals surface area contributed by atoms with E-state index < -0.39 is 5.60 Å². The first-order valence-electron chi connectivity index (χ1n) is 4.96. The van der Waals surface area contributed by atoms with E-state index in [0.717, 1.165) is 13.0 Å². The van der Waals surface area contributed by atoms with Crippen LogP contribution in [-0.2, 0) is 16.9 Å². The second kappa shape index (κ2) is 4.96. The third-order valence-electron chi connectivity index (χ3n) is 2.17. The predicted molar refractivity (Wildman–Crippen MR) is 59.0 cm³/mol. The number of methoxy groups -OCH3 is 1. The second-order valence-corrected chi connectivity index (χ2v) is 4.18. The fraction of sp³-hybridized carbons (Fsp3) is 0.700. The van der Waals surface area contributed by atoms with Crippen molar-refractivity contribution >= 4 is 11.6 Å². The summed E-state index contributed by atoms with van der Waals surface area (Å²) in [6.45, 7) is 4.65. The van der Waals surface area contributed by atoms with Gasteiger partial charge >= 0.3 is 0 Å². The molecule has 1 heterocycles. The molecule has 0 aromatic carbocycles. The number of hydrogen-bond acceptors (Lipinski definition) is 3. The van der Waals surface area contributed by atoms with Crippen LogP contribution in [0.2, 0.25) is 5.02 Å². The quantitative estimate of drug-likeness (QED) is 0.842. The van der Waals surface area contributed by atoms with Gasteiger partial charge in [0.05, 0.1) is 23.5 Å². The third kappa shape index (κ3) is 2.71. The van der Waals surface area contributed by atoms with Gasteiger partial charge in [-0.3, -0.25) is 4.68 Å². The van der Waals surface area contributed by atoms with E-state index in [1.165, 1.54) is 0 Å². The molecule has 5 heteroatoms. The van der Waals surface area contributed by atoms with Crippen molar-refractivity contribution in [2.24, 2.45) is 0 Å². The number of rotatable bonds is 5. The molecule has 0 aliphatic heterocycles. The zero-order valence-electron chi connectivity index (χ0n) is 9.33. The minimum absolute atomic E-state index is 0.197. The molecule has 0 aliphatic carbocycles. The minimum atomic E-state index is -1.10. The maximum Gasteiger partial charge on any atom is 0.128 e. The van der Waals surface area contributed by atoms with E-state index in [4.69, 9.17) is 16.3 Å². The normalized spacial score (nSPS) is 15.3. The zero-order valence-corrected chi connectivity index (χ0v) is 10.1. The fourth-order valence-corrected chi connectivity index (χ4v) is 1.97. The van der Waals surface area contributed by atoms with Crippen molar-refractivity contribution in [3.8, 4) is 0 Å². The first-order chi connectivity index (χ1) is 7.03. The Balaban J connectivity index is 3.04. The van der Waals surface area contributed by atoms with Crippen LogP contribution in [0.25, 0.3) is 0 Å². The van der Waals surface area contributed by atoms with Crippen molar-refractivity contribution < 1.29 is 9.84 Å². The summed E-state index contributed by atoms with van der Waals surface area (Å²) in [6.07, 6.45) is 2.49. The Morgan fingerprint density at radius 3 is 2.87 bits per heavy atom.